The predicted octanol–water partition coefficient (Wildman–Crippen LogP) is 4.48. The minimum Gasteiger partial charge on any atom is -0.492 e. The van der Waals surface area contributed by atoms with E-state index in [-0.39, 0.29) is 0 Å². The third kappa shape index (κ3) is 3.44. The zero-order valence-electron chi connectivity index (χ0n) is 11.7. The van der Waals surface area contributed by atoms with Gasteiger partial charge in [-0.15, -0.1) is 0 Å². The SMILES string of the molecule is CCCOc1ccc(C(O)c2ccc(CC)o2)cc1Br. The molecule has 108 valence electrons. The maximum Gasteiger partial charge on any atom is 0.137 e. The molecule has 1 aromatic heterocycles. The first-order valence-electron chi connectivity index (χ1n) is 6.84. The molecule has 0 radical (unpaired) electrons. The summed E-state index contributed by atoms with van der Waals surface area (Å²) in [5.74, 6) is 2.23. The molecular weight excluding hydrogens is 320 g/mol. The van der Waals surface area contributed by atoms with Crippen LogP contribution in [0.3, 0.4) is 0 Å². The molecule has 1 unspecified atom stereocenters. The van der Waals surface area contributed by atoms with Crippen LogP contribution in [0.25, 0.3) is 0 Å². The molecule has 3 nitrogen and oxygen atoms in total. The van der Waals surface area contributed by atoms with Crippen LogP contribution in [0.4, 0.5) is 0 Å². The number of aliphatic hydroxyl groups excluding tert-OH is 1. The molecule has 1 heterocycles. The van der Waals surface area contributed by atoms with Crippen LogP contribution in [0.1, 0.15) is 43.5 Å². The van der Waals surface area contributed by atoms with Crippen LogP contribution in [-0.4, -0.2) is 11.7 Å². The highest BCUT2D eigenvalue weighted by Gasteiger charge is 2.16. The summed E-state index contributed by atoms with van der Waals surface area (Å²) in [4.78, 5) is 0. The monoisotopic (exact) mass is 338 g/mol. The van der Waals surface area contributed by atoms with Gasteiger partial charge in [-0.1, -0.05) is 19.9 Å². The molecule has 0 aliphatic carbocycles. The van der Waals surface area contributed by atoms with E-state index in [4.69, 9.17) is 9.15 Å². The van der Waals surface area contributed by atoms with Crippen LogP contribution in [0.2, 0.25) is 0 Å². The summed E-state index contributed by atoms with van der Waals surface area (Å²) in [5.41, 5.74) is 0.776. The molecule has 0 amide bonds. The molecule has 1 atom stereocenters. The van der Waals surface area contributed by atoms with Gasteiger partial charge in [-0.2, -0.15) is 0 Å². The van der Waals surface area contributed by atoms with Gasteiger partial charge in [0.1, 0.15) is 23.4 Å². The normalized spacial score (nSPS) is 12.4. The number of aryl methyl sites for hydroxylation is 1. The van der Waals surface area contributed by atoms with Crippen LogP contribution in [0, 0.1) is 0 Å². The van der Waals surface area contributed by atoms with Crippen molar-refractivity contribution in [2.45, 2.75) is 32.8 Å². The van der Waals surface area contributed by atoms with Gasteiger partial charge >= 0.3 is 0 Å². The van der Waals surface area contributed by atoms with E-state index in [1.807, 2.05) is 37.3 Å². The van der Waals surface area contributed by atoms with E-state index in [0.29, 0.717) is 12.4 Å². The summed E-state index contributed by atoms with van der Waals surface area (Å²) in [6.45, 7) is 4.76. The van der Waals surface area contributed by atoms with Crippen molar-refractivity contribution in [3.8, 4) is 5.75 Å². The number of ether oxygens (including phenoxy) is 1. The minimum atomic E-state index is -0.758. The van der Waals surface area contributed by atoms with E-state index in [2.05, 4.69) is 22.9 Å². The minimum absolute atomic E-state index is 0.566. The predicted molar refractivity (Wildman–Crippen MR) is 82.1 cm³/mol. The van der Waals surface area contributed by atoms with Gasteiger partial charge in [0.25, 0.3) is 0 Å². The van der Waals surface area contributed by atoms with Crippen molar-refractivity contribution in [2.75, 3.05) is 6.61 Å². The number of aliphatic hydroxyl groups is 1. The zero-order chi connectivity index (χ0) is 14.5. The number of furan rings is 1. The Hall–Kier alpha value is -1.26. The Kier molecular flexibility index (Phi) is 5.26. The number of hydrogen-bond acceptors (Lipinski definition) is 3. The van der Waals surface area contributed by atoms with Crippen LogP contribution in [0.15, 0.2) is 39.2 Å². The Morgan fingerprint density at radius 1 is 1.25 bits per heavy atom. The Balaban J connectivity index is 2.17. The lowest BCUT2D eigenvalue weighted by Gasteiger charge is -2.12. The maximum absolute atomic E-state index is 10.3. The van der Waals surface area contributed by atoms with Crippen LogP contribution in [0.5, 0.6) is 5.75 Å². The maximum atomic E-state index is 10.3. The van der Waals surface area contributed by atoms with E-state index >= 15 is 0 Å². The highest BCUT2D eigenvalue weighted by molar-refractivity contribution is 9.10. The summed E-state index contributed by atoms with van der Waals surface area (Å²) in [6.07, 6.45) is 1.02. The third-order valence-corrected chi connectivity index (χ3v) is 3.65. The van der Waals surface area contributed by atoms with Gasteiger partial charge in [0.15, 0.2) is 0 Å². The molecule has 1 N–H and O–H groups in total. The van der Waals surface area contributed by atoms with Gasteiger partial charge in [0.2, 0.25) is 0 Å². The molecule has 0 saturated carbocycles. The summed E-state index contributed by atoms with van der Waals surface area (Å²) < 4.78 is 12.0. The Morgan fingerprint density at radius 2 is 2.05 bits per heavy atom. The fourth-order valence-electron chi connectivity index (χ4n) is 1.91. The summed E-state index contributed by atoms with van der Waals surface area (Å²) in [6, 6.07) is 9.30. The van der Waals surface area contributed by atoms with Gasteiger partial charge in [-0.05, 0) is 52.2 Å². The Bertz CT molecular complexity index is 563. The van der Waals surface area contributed by atoms with Crippen LogP contribution in [-0.2, 0) is 6.42 Å². The first-order valence-corrected chi connectivity index (χ1v) is 7.64. The summed E-state index contributed by atoms with van der Waals surface area (Å²) in [7, 11) is 0. The average molecular weight is 339 g/mol. The second kappa shape index (κ2) is 6.95. The fourth-order valence-corrected chi connectivity index (χ4v) is 2.42. The summed E-state index contributed by atoms with van der Waals surface area (Å²) in [5, 5.41) is 10.3. The van der Waals surface area contributed by atoms with E-state index in [0.717, 1.165) is 34.4 Å². The van der Waals surface area contributed by atoms with Crippen molar-refractivity contribution < 1.29 is 14.3 Å². The molecule has 4 heteroatoms. The highest BCUT2D eigenvalue weighted by Crippen LogP contribution is 2.31. The molecule has 0 saturated heterocycles. The van der Waals surface area contributed by atoms with E-state index in [9.17, 15) is 5.11 Å². The lowest BCUT2D eigenvalue weighted by molar-refractivity contribution is 0.186. The third-order valence-electron chi connectivity index (χ3n) is 3.03. The van der Waals surface area contributed by atoms with Gasteiger partial charge in [0.05, 0.1) is 11.1 Å². The van der Waals surface area contributed by atoms with Crippen molar-refractivity contribution in [1.82, 2.24) is 0 Å². The molecule has 20 heavy (non-hydrogen) atoms. The standard InChI is InChI=1S/C16H19BrO3/c1-3-9-19-14-7-5-11(10-13(14)17)16(18)15-8-6-12(4-2)20-15/h5-8,10,16,18H,3-4,9H2,1-2H3. The zero-order valence-corrected chi connectivity index (χ0v) is 13.3. The molecule has 0 aliphatic heterocycles. The smallest absolute Gasteiger partial charge is 0.137 e. The first-order chi connectivity index (χ1) is 9.65. The fraction of sp³-hybridized carbons (Fsp3) is 0.375. The van der Waals surface area contributed by atoms with E-state index in [1.165, 1.54) is 0 Å². The molecule has 2 rings (SSSR count). The van der Waals surface area contributed by atoms with Crippen LogP contribution < -0.4 is 4.74 Å². The van der Waals surface area contributed by atoms with Crippen molar-refractivity contribution in [2.24, 2.45) is 0 Å². The highest BCUT2D eigenvalue weighted by atomic mass is 79.9. The Morgan fingerprint density at radius 3 is 2.65 bits per heavy atom. The van der Waals surface area contributed by atoms with Gasteiger partial charge < -0.3 is 14.3 Å². The molecule has 2 aromatic rings. The van der Waals surface area contributed by atoms with Crippen molar-refractivity contribution >= 4 is 15.9 Å². The van der Waals surface area contributed by atoms with Crippen molar-refractivity contribution in [1.29, 1.82) is 0 Å². The second-order valence-electron chi connectivity index (χ2n) is 4.60. The summed E-state index contributed by atoms with van der Waals surface area (Å²) >= 11 is 3.47. The van der Waals surface area contributed by atoms with Gasteiger partial charge in [-0.3, -0.25) is 0 Å². The van der Waals surface area contributed by atoms with Gasteiger partial charge in [-0.25, -0.2) is 0 Å². The topological polar surface area (TPSA) is 42.6 Å². The van der Waals surface area contributed by atoms with E-state index in [1.54, 1.807) is 0 Å². The molecule has 1 aromatic carbocycles. The van der Waals surface area contributed by atoms with Gasteiger partial charge in [0, 0.05) is 6.42 Å². The molecular formula is C16H19BrO3. The molecule has 0 bridgehead atoms. The van der Waals surface area contributed by atoms with E-state index < -0.39 is 6.10 Å². The van der Waals surface area contributed by atoms with Crippen molar-refractivity contribution in [3.63, 3.8) is 0 Å². The molecule has 0 fully saturated rings. The molecule has 0 spiro atoms. The Labute approximate surface area is 127 Å². The average Bonchev–Trinajstić information content (AvgIpc) is 2.94. The number of benzene rings is 1. The quantitative estimate of drug-likeness (QED) is 0.844. The first kappa shape index (κ1) is 15.1. The molecule has 0 aliphatic rings. The number of halogens is 1. The second-order valence-corrected chi connectivity index (χ2v) is 5.45. The van der Waals surface area contributed by atoms with Crippen molar-refractivity contribution in [3.05, 3.63) is 51.9 Å². The lowest BCUT2D eigenvalue weighted by Crippen LogP contribution is -2.00. The lowest BCUT2D eigenvalue weighted by atomic mass is 10.1. The van der Waals surface area contributed by atoms with Crippen LogP contribution >= 0.6 is 15.9 Å². The largest absolute Gasteiger partial charge is 0.492 e. The number of rotatable bonds is 6. The number of hydrogen-bond donors (Lipinski definition) is 1.